The summed E-state index contributed by atoms with van der Waals surface area (Å²) in [6.45, 7) is 4.32. The van der Waals surface area contributed by atoms with Gasteiger partial charge in [-0.3, -0.25) is 4.79 Å². The van der Waals surface area contributed by atoms with Crippen LogP contribution in [0.5, 0.6) is 0 Å². The molecule has 1 rings (SSSR count). The first-order valence-corrected chi connectivity index (χ1v) is 6.74. The highest BCUT2D eigenvalue weighted by Crippen LogP contribution is 2.32. The first-order valence-electron chi connectivity index (χ1n) is 5.99. The monoisotopic (exact) mass is 288 g/mol. The molecule has 1 amide bonds. The van der Waals surface area contributed by atoms with Gasteiger partial charge in [-0.15, -0.1) is 0 Å². The molecule has 3 nitrogen and oxygen atoms in total. The summed E-state index contributed by atoms with van der Waals surface area (Å²) >= 11 is 12.1. The van der Waals surface area contributed by atoms with E-state index >= 15 is 0 Å². The van der Waals surface area contributed by atoms with E-state index in [2.05, 4.69) is 5.32 Å². The molecule has 3 N–H and O–H groups in total. The molecule has 100 valence electrons. The normalized spacial score (nSPS) is 12.3. The highest BCUT2D eigenvalue weighted by atomic mass is 35.5. The van der Waals surface area contributed by atoms with Crippen molar-refractivity contribution in [1.82, 2.24) is 0 Å². The number of rotatable bonds is 5. The van der Waals surface area contributed by atoms with Crippen LogP contribution in [0.3, 0.4) is 0 Å². The van der Waals surface area contributed by atoms with Gasteiger partial charge in [0.25, 0.3) is 0 Å². The molecule has 0 radical (unpaired) electrons. The average Bonchev–Trinajstić information content (AvgIpc) is 2.34. The fourth-order valence-electron chi connectivity index (χ4n) is 1.69. The first kappa shape index (κ1) is 15.3. The van der Waals surface area contributed by atoms with Crippen LogP contribution in [0.4, 0.5) is 5.69 Å². The van der Waals surface area contributed by atoms with E-state index in [9.17, 15) is 4.79 Å². The molecule has 0 aliphatic rings. The van der Waals surface area contributed by atoms with Gasteiger partial charge in [0.05, 0.1) is 10.0 Å². The Bertz CT molecular complexity index is 435. The molecule has 0 saturated carbocycles. The van der Waals surface area contributed by atoms with E-state index in [1.807, 2.05) is 13.8 Å². The van der Waals surface area contributed by atoms with Crippen LogP contribution in [0.1, 0.15) is 25.8 Å². The van der Waals surface area contributed by atoms with E-state index in [0.29, 0.717) is 29.4 Å². The molecule has 0 unspecified atom stereocenters. The van der Waals surface area contributed by atoms with E-state index in [1.54, 1.807) is 12.1 Å². The molecule has 0 aliphatic carbocycles. The van der Waals surface area contributed by atoms with Crippen molar-refractivity contribution in [2.75, 3.05) is 11.9 Å². The van der Waals surface area contributed by atoms with Crippen molar-refractivity contribution in [2.45, 2.75) is 26.7 Å². The zero-order chi connectivity index (χ0) is 13.7. The number of nitrogens with two attached hydrogens (primary N) is 1. The average molecular weight is 289 g/mol. The zero-order valence-electron chi connectivity index (χ0n) is 10.6. The topological polar surface area (TPSA) is 55.1 Å². The Morgan fingerprint density at radius 2 is 2.11 bits per heavy atom. The number of nitrogens with one attached hydrogen (secondary N) is 1. The molecule has 0 bridgehead atoms. The van der Waals surface area contributed by atoms with Gasteiger partial charge in [0.1, 0.15) is 0 Å². The second-order valence-corrected chi connectivity index (χ2v) is 4.99. The third-order valence-corrected chi connectivity index (χ3v) is 3.70. The molecule has 0 aliphatic heterocycles. The Labute approximate surface area is 118 Å². The number of hydrogen-bond donors (Lipinski definition) is 2. The molecular weight excluding hydrogens is 271 g/mol. The van der Waals surface area contributed by atoms with E-state index in [-0.39, 0.29) is 11.8 Å². The lowest BCUT2D eigenvalue weighted by Gasteiger charge is -2.15. The summed E-state index contributed by atoms with van der Waals surface area (Å²) in [4.78, 5) is 11.9. The Hall–Kier alpha value is -0.770. The van der Waals surface area contributed by atoms with Crippen molar-refractivity contribution in [3.8, 4) is 0 Å². The van der Waals surface area contributed by atoms with Gasteiger partial charge >= 0.3 is 0 Å². The second kappa shape index (κ2) is 6.98. The van der Waals surface area contributed by atoms with Crippen molar-refractivity contribution in [3.05, 3.63) is 27.7 Å². The maximum absolute atomic E-state index is 11.9. The summed E-state index contributed by atoms with van der Waals surface area (Å²) in [5.41, 5.74) is 7.02. The molecule has 0 saturated heterocycles. The van der Waals surface area contributed by atoms with Gasteiger partial charge in [-0.25, -0.2) is 0 Å². The van der Waals surface area contributed by atoms with Crippen molar-refractivity contribution in [1.29, 1.82) is 0 Å². The Kier molecular flexibility index (Phi) is 5.93. The second-order valence-electron chi connectivity index (χ2n) is 4.21. The largest absolute Gasteiger partial charge is 0.330 e. The van der Waals surface area contributed by atoms with Crippen LogP contribution >= 0.6 is 23.2 Å². The Morgan fingerprint density at radius 3 is 2.67 bits per heavy atom. The fourth-order valence-corrected chi connectivity index (χ4v) is 2.17. The summed E-state index contributed by atoms with van der Waals surface area (Å²) in [6, 6.07) is 3.46. The van der Waals surface area contributed by atoms with E-state index < -0.39 is 0 Å². The van der Waals surface area contributed by atoms with Gasteiger partial charge in [0, 0.05) is 11.6 Å². The maximum Gasteiger partial charge on any atom is 0.227 e. The molecule has 1 aromatic rings. The van der Waals surface area contributed by atoms with E-state index in [1.165, 1.54) is 0 Å². The number of carbonyl (C=O) groups is 1. The predicted molar refractivity (Wildman–Crippen MR) is 77.3 cm³/mol. The van der Waals surface area contributed by atoms with Crippen molar-refractivity contribution in [3.63, 3.8) is 0 Å². The number of benzene rings is 1. The molecule has 0 aromatic heterocycles. The molecule has 0 fully saturated rings. The Balaban J connectivity index is 2.91. The van der Waals surface area contributed by atoms with Gasteiger partial charge < -0.3 is 11.1 Å². The van der Waals surface area contributed by atoms with Crippen molar-refractivity contribution >= 4 is 34.8 Å². The third-order valence-electron chi connectivity index (χ3n) is 2.85. The molecule has 0 heterocycles. The predicted octanol–water partition coefficient (Wildman–Crippen LogP) is 3.48. The first-order chi connectivity index (χ1) is 8.51. The highest BCUT2D eigenvalue weighted by Gasteiger charge is 2.15. The molecular formula is C13H18Cl2N2O. The van der Waals surface area contributed by atoms with Gasteiger partial charge in [-0.05, 0) is 37.1 Å². The molecule has 1 atom stereocenters. The van der Waals surface area contributed by atoms with Crippen LogP contribution in [-0.2, 0) is 11.2 Å². The molecule has 5 heteroatoms. The maximum atomic E-state index is 11.9. The van der Waals surface area contributed by atoms with Crippen LogP contribution < -0.4 is 11.1 Å². The minimum Gasteiger partial charge on any atom is -0.330 e. The summed E-state index contributed by atoms with van der Waals surface area (Å²) in [5.74, 6) is -0.164. The smallest absolute Gasteiger partial charge is 0.227 e. The lowest BCUT2D eigenvalue weighted by atomic mass is 10.1. The number of amides is 1. The van der Waals surface area contributed by atoms with Gasteiger partial charge in [0.15, 0.2) is 0 Å². The minimum atomic E-state index is -0.117. The lowest BCUT2D eigenvalue weighted by molar-refractivity contribution is -0.119. The van der Waals surface area contributed by atoms with Crippen LogP contribution in [0, 0.1) is 5.92 Å². The summed E-state index contributed by atoms with van der Waals surface area (Å²) < 4.78 is 0. The van der Waals surface area contributed by atoms with Crippen LogP contribution in [-0.4, -0.2) is 12.5 Å². The minimum absolute atomic E-state index is 0.0476. The number of hydrogen-bond acceptors (Lipinski definition) is 2. The lowest BCUT2D eigenvalue weighted by Crippen LogP contribution is -2.23. The van der Waals surface area contributed by atoms with Gasteiger partial charge in [0.2, 0.25) is 5.91 Å². The SMILES string of the molecule is CCc1c(NC(=O)[C@@H](C)CCN)ccc(Cl)c1Cl. The Morgan fingerprint density at radius 1 is 1.44 bits per heavy atom. The van der Waals surface area contributed by atoms with Crippen LogP contribution in [0.25, 0.3) is 0 Å². The van der Waals surface area contributed by atoms with E-state index in [4.69, 9.17) is 28.9 Å². The summed E-state index contributed by atoms with van der Waals surface area (Å²) in [5, 5.41) is 3.88. The molecule has 0 spiro atoms. The zero-order valence-corrected chi connectivity index (χ0v) is 12.1. The number of halogens is 2. The van der Waals surface area contributed by atoms with Crippen LogP contribution in [0.15, 0.2) is 12.1 Å². The highest BCUT2D eigenvalue weighted by molar-refractivity contribution is 6.42. The number of anilines is 1. The van der Waals surface area contributed by atoms with Gasteiger partial charge in [-0.1, -0.05) is 37.0 Å². The summed E-state index contributed by atoms with van der Waals surface area (Å²) in [6.07, 6.45) is 1.37. The molecule has 18 heavy (non-hydrogen) atoms. The standard InChI is InChI=1S/C13H18Cl2N2O/c1-3-9-11(5-4-10(14)12(9)15)17-13(18)8(2)6-7-16/h4-5,8H,3,6-7,16H2,1-2H3,(H,17,18)/t8-/m0/s1. The van der Waals surface area contributed by atoms with E-state index in [0.717, 1.165) is 11.3 Å². The fraction of sp³-hybridized carbons (Fsp3) is 0.462. The van der Waals surface area contributed by atoms with Crippen molar-refractivity contribution in [2.24, 2.45) is 11.7 Å². The summed E-state index contributed by atoms with van der Waals surface area (Å²) in [7, 11) is 0. The molecule has 1 aromatic carbocycles. The van der Waals surface area contributed by atoms with Gasteiger partial charge in [-0.2, -0.15) is 0 Å². The quantitative estimate of drug-likeness (QED) is 0.872. The van der Waals surface area contributed by atoms with Crippen molar-refractivity contribution < 1.29 is 4.79 Å². The third kappa shape index (κ3) is 3.61. The number of carbonyl (C=O) groups excluding carboxylic acids is 1. The van der Waals surface area contributed by atoms with Crippen LogP contribution in [0.2, 0.25) is 10.0 Å².